The molecule has 13 heavy (non-hydrogen) atoms. The van der Waals surface area contributed by atoms with E-state index in [1.54, 1.807) is 0 Å². The zero-order valence-electron chi connectivity index (χ0n) is 8.20. The first-order valence-electron chi connectivity index (χ1n) is 4.64. The third-order valence-corrected chi connectivity index (χ3v) is 3.19. The molecule has 1 rings (SSSR count). The minimum absolute atomic E-state index is 0.0699. The lowest BCUT2D eigenvalue weighted by Gasteiger charge is -2.39. The van der Waals surface area contributed by atoms with E-state index in [4.69, 9.17) is 5.11 Å². The molecule has 3 atom stereocenters. The third kappa shape index (κ3) is 1.93. The van der Waals surface area contributed by atoms with Gasteiger partial charge in [0.2, 0.25) is 0 Å². The van der Waals surface area contributed by atoms with E-state index in [9.17, 15) is 10.2 Å². The lowest BCUT2D eigenvalue weighted by atomic mass is 9.69. The average Bonchev–Trinajstić information content (AvgIpc) is 2.11. The molecular weight excluding hydrogens is 168 g/mol. The number of aliphatic hydroxyl groups is 3. The maximum Gasteiger partial charge on any atom is 0.0778 e. The number of rotatable bonds is 2. The van der Waals surface area contributed by atoms with Gasteiger partial charge in [-0.25, -0.2) is 0 Å². The van der Waals surface area contributed by atoms with Crippen LogP contribution in [0.3, 0.4) is 0 Å². The van der Waals surface area contributed by atoms with E-state index in [2.05, 4.69) is 0 Å². The number of hydrogen-bond donors (Lipinski definition) is 3. The third-order valence-electron chi connectivity index (χ3n) is 3.19. The van der Waals surface area contributed by atoms with E-state index in [0.29, 0.717) is 12.0 Å². The molecule has 0 aromatic heterocycles. The van der Waals surface area contributed by atoms with Gasteiger partial charge in [-0.2, -0.15) is 0 Å². The Morgan fingerprint density at radius 3 is 2.62 bits per heavy atom. The molecule has 3 heteroatoms. The molecule has 1 aliphatic carbocycles. The Balaban J connectivity index is 2.86. The first-order valence-corrected chi connectivity index (χ1v) is 4.64. The van der Waals surface area contributed by atoms with Gasteiger partial charge in [-0.15, -0.1) is 0 Å². The number of aliphatic hydroxyl groups excluding tert-OH is 3. The molecule has 76 valence electrons. The topological polar surface area (TPSA) is 60.7 Å². The summed E-state index contributed by atoms with van der Waals surface area (Å²) in [7, 11) is 0. The second-order valence-electron chi connectivity index (χ2n) is 4.22. The molecule has 0 saturated heterocycles. The number of allylic oxidation sites excluding steroid dienone is 1. The highest BCUT2D eigenvalue weighted by Gasteiger charge is 2.36. The van der Waals surface area contributed by atoms with E-state index in [1.807, 2.05) is 19.9 Å². The zero-order valence-corrected chi connectivity index (χ0v) is 8.20. The van der Waals surface area contributed by atoms with Gasteiger partial charge in [-0.3, -0.25) is 0 Å². The highest BCUT2D eigenvalue weighted by atomic mass is 16.3. The second kappa shape index (κ2) is 3.78. The monoisotopic (exact) mass is 186 g/mol. The molecule has 0 saturated carbocycles. The Labute approximate surface area is 78.7 Å². The van der Waals surface area contributed by atoms with Crippen molar-refractivity contribution in [1.29, 1.82) is 0 Å². The molecular formula is C10H18O3. The predicted octanol–water partition coefficient (Wildman–Crippen LogP) is 0.304. The lowest BCUT2D eigenvalue weighted by Crippen LogP contribution is -2.38. The van der Waals surface area contributed by atoms with Crippen molar-refractivity contribution in [3.63, 3.8) is 0 Å². The average molecular weight is 186 g/mol. The van der Waals surface area contributed by atoms with Gasteiger partial charge in [0.1, 0.15) is 0 Å². The summed E-state index contributed by atoms with van der Waals surface area (Å²) >= 11 is 0. The first-order chi connectivity index (χ1) is 6.03. The van der Waals surface area contributed by atoms with E-state index in [-0.39, 0.29) is 24.5 Å². The molecule has 0 aliphatic heterocycles. The molecule has 0 heterocycles. The Kier molecular flexibility index (Phi) is 3.11. The van der Waals surface area contributed by atoms with Gasteiger partial charge in [-0.1, -0.05) is 19.9 Å². The van der Waals surface area contributed by atoms with Crippen LogP contribution in [0.15, 0.2) is 11.6 Å². The molecule has 0 bridgehead atoms. The summed E-state index contributed by atoms with van der Waals surface area (Å²) in [6.07, 6.45) is 1.79. The van der Waals surface area contributed by atoms with Gasteiger partial charge >= 0.3 is 0 Å². The Bertz CT molecular complexity index is 212. The van der Waals surface area contributed by atoms with Gasteiger partial charge in [0, 0.05) is 6.61 Å². The van der Waals surface area contributed by atoms with E-state index < -0.39 is 6.10 Å². The summed E-state index contributed by atoms with van der Waals surface area (Å²) in [5, 5.41) is 27.7. The van der Waals surface area contributed by atoms with Crippen molar-refractivity contribution >= 4 is 0 Å². The fourth-order valence-corrected chi connectivity index (χ4v) is 1.76. The van der Waals surface area contributed by atoms with Crippen LogP contribution in [-0.4, -0.2) is 34.6 Å². The van der Waals surface area contributed by atoms with Crippen molar-refractivity contribution in [2.75, 3.05) is 13.2 Å². The molecule has 0 spiro atoms. The molecule has 0 aromatic rings. The normalized spacial score (nSPS) is 40.2. The van der Waals surface area contributed by atoms with E-state index in [0.717, 1.165) is 0 Å². The number of hydrogen-bond acceptors (Lipinski definition) is 3. The van der Waals surface area contributed by atoms with Crippen LogP contribution in [0.5, 0.6) is 0 Å². The second-order valence-corrected chi connectivity index (χ2v) is 4.22. The molecule has 3 unspecified atom stereocenters. The molecule has 1 aliphatic rings. The summed E-state index contributed by atoms with van der Waals surface area (Å²) in [5.74, 6) is 0.197. The van der Waals surface area contributed by atoms with Crippen molar-refractivity contribution in [3.8, 4) is 0 Å². The van der Waals surface area contributed by atoms with Crippen LogP contribution in [0, 0.1) is 11.3 Å². The Morgan fingerprint density at radius 2 is 2.15 bits per heavy atom. The smallest absolute Gasteiger partial charge is 0.0778 e. The molecule has 0 amide bonds. The summed E-state index contributed by atoms with van der Waals surface area (Å²) in [6, 6.07) is 0. The molecule has 0 radical (unpaired) electrons. The Morgan fingerprint density at radius 1 is 1.54 bits per heavy atom. The minimum Gasteiger partial charge on any atom is -0.396 e. The van der Waals surface area contributed by atoms with Crippen LogP contribution in [0.1, 0.15) is 20.3 Å². The summed E-state index contributed by atoms with van der Waals surface area (Å²) in [5.41, 5.74) is 0.427. The van der Waals surface area contributed by atoms with Crippen LogP contribution in [0.25, 0.3) is 0 Å². The van der Waals surface area contributed by atoms with Crippen molar-refractivity contribution in [3.05, 3.63) is 11.6 Å². The Hall–Kier alpha value is -0.380. The standard InChI is InChI=1S/C10H18O3/c1-7-3-8(5-11)9(13)4-10(7,2)6-12/h3,7,9,11-13H,4-6H2,1-2H3. The molecule has 3 N–H and O–H groups in total. The maximum atomic E-state index is 9.61. The van der Waals surface area contributed by atoms with Crippen molar-refractivity contribution in [2.24, 2.45) is 11.3 Å². The van der Waals surface area contributed by atoms with E-state index in [1.165, 1.54) is 0 Å². The van der Waals surface area contributed by atoms with Gasteiger partial charge in [0.15, 0.2) is 0 Å². The van der Waals surface area contributed by atoms with Gasteiger partial charge < -0.3 is 15.3 Å². The van der Waals surface area contributed by atoms with Crippen LogP contribution >= 0.6 is 0 Å². The van der Waals surface area contributed by atoms with E-state index >= 15 is 0 Å². The maximum absolute atomic E-state index is 9.61. The first kappa shape index (κ1) is 10.7. The van der Waals surface area contributed by atoms with Crippen molar-refractivity contribution < 1.29 is 15.3 Å². The zero-order chi connectivity index (χ0) is 10.1. The quantitative estimate of drug-likeness (QED) is 0.544. The predicted molar refractivity (Wildman–Crippen MR) is 50.1 cm³/mol. The largest absolute Gasteiger partial charge is 0.396 e. The fraction of sp³-hybridized carbons (Fsp3) is 0.800. The lowest BCUT2D eigenvalue weighted by molar-refractivity contribution is 0.0339. The molecule has 0 fully saturated rings. The highest BCUT2D eigenvalue weighted by molar-refractivity contribution is 5.17. The van der Waals surface area contributed by atoms with Crippen LogP contribution in [-0.2, 0) is 0 Å². The van der Waals surface area contributed by atoms with Crippen LogP contribution < -0.4 is 0 Å². The minimum atomic E-state index is -0.599. The van der Waals surface area contributed by atoms with Crippen LogP contribution in [0.2, 0.25) is 0 Å². The SMILES string of the molecule is CC1C=C(CO)C(O)CC1(C)CO. The fourth-order valence-electron chi connectivity index (χ4n) is 1.76. The highest BCUT2D eigenvalue weighted by Crippen LogP contribution is 2.39. The van der Waals surface area contributed by atoms with Gasteiger partial charge in [0.05, 0.1) is 12.7 Å². The van der Waals surface area contributed by atoms with Gasteiger partial charge in [0.25, 0.3) is 0 Å². The molecule has 3 nitrogen and oxygen atoms in total. The van der Waals surface area contributed by atoms with Crippen LogP contribution in [0.4, 0.5) is 0 Å². The van der Waals surface area contributed by atoms with Gasteiger partial charge in [-0.05, 0) is 23.3 Å². The molecule has 0 aromatic carbocycles. The summed E-state index contributed by atoms with van der Waals surface area (Å²) in [4.78, 5) is 0. The summed E-state index contributed by atoms with van der Waals surface area (Å²) in [6.45, 7) is 3.93. The van der Waals surface area contributed by atoms with Crippen molar-refractivity contribution in [1.82, 2.24) is 0 Å². The van der Waals surface area contributed by atoms with Crippen molar-refractivity contribution in [2.45, 2.75) is 26.4 Å². The summed E-state index contributed by atoms with van der Waals surface area (Å²) < 4.78 is 0.